The summed E-state index contributed by atoms with van der Waals surface area (Å²) in [6.07, 6.45) is 1.44. The quantitative estimate of drug-likeness (QED) is 0.271. The molecular weight excluding hydrogens is 258 g/mol. The van der Waals surface area contributed by atoms with E-state index in [1.54, 1.807) is 13.8 Å². The van der Waals surface area contributed by atoms with Gasteiger partial charge in [-0.25, -0.2) is 13.1 Å². The van der Waals surface area contributed by atoms with Crippen molar-refractivity contribution in [2.75, 3.05) is 18.9 Å². The van der Waals surface area contributed by atoms with Crippen LogP contribution in [0.25, 0.3) is 0 Å². The minimum absolute atomic E-state index is 0.0117. The molecule has 0 aliphatic carbocycles. The van der Waals surface area contributed by atoms with Gasteiger partial charge >= 0.3 is 0 Å². The lowest BCUT2D eigenvalue weighted by Crippen LogP contribution is -2.44. The lowest BCUT2D eigenvalue weighted by molar-refractivity contribution is 0.127. The molecule has 106 valence electrons. The Hall–Kier alpha value is -0.860. The maximum absolute atomic E-state index is 11.8. The van der Waals surface area contributed by atoms with Gasteiger partial charge in [0.15, 0.2) is 0 Å². The summed E-state index contributed by atoms with van der Waals surface area (Å²) in [5.74, 6) is -0.0542. The highest BCUT2D eigenvalue weighted by atomic mass is 32.2. The molecule has 1 rings (SSSR count). The zero-order valence-corrected chi connectivity index (χ0v) is 11.5. The third-order valence-electron chi connectivity index (χ3n) is 2.96. The van der Waals surface area contributed by atoms with Crippen LogP contribution in [0.5, 0.6) is 0 Å². The van der Waals surface area contributed by atoms with E-state index in [9.17, 15) is 8.42 Å². The SMILES string of the molecule is CC(C)(CNS(=O)(=O)CC1CCCO1)C(N)=NO. The fourth-order valence-electron chi connectivity index (χ4n) is 1.60. The smallest absolute Gasteiger partial charge is 0.214 e. The van der Waals surface area contributed by atoms with Gasteiger partial charge in [-0.05, 0) is 12.8 Å². The van der Waals surface area contributed by atoms with Gasteiger partial charge in [-0.15, -0.1) is 0 Å². The fraction of sp³-hybridized carbons (Fsp3) is 0.900. The Morgan fingerprint density at radius 2 is 2.28 bits per heavy atom. The number of nitrogens with zero attached hydrogens (tertiary/aromatic N) is 1. The molecule has 18 heavy (non-hydrogen) atoms. The van der Waals surface area contributed by atoms with Crippen molar-refractivity contribution >= 4 is 15.9 Å². The topological polar surface area (TPSA) is 114 Å². The molecule has 0 aromatic heterocycles. The first-order valence-corrected chi connectivity index (χ1v) is 7.49. The number of ether oxygens (including phenoxy) is 1. The normalized spacial score (nSPS) is 22.3. The molecule has 4 N–H and O–H groups in total. The van der Waals surface area contributed by atoms with Crippen molar-refractivity contribution in [3.05, 3.63) is 0 Å². The Bertz CT molecular complexity index is 399. The summed E-state index contributed by atoms with van der Waals surface area (Å²) < 4.78 is 31.4. The van der Waals surface area contributed by atoms with Gasteiger partial charge < -0.3 is 15.7 Å². The van der Waals surface area contributed by atoms with Gasteiger partial charge in [0.05, 0.1) is 11.9 Å². The number of sulfonamides is 1. The third-order valence-corrected chi connectivity index (χ3v) is 4.36. The molecular formula is C10H21N3O4S. The molecule has 1 aliphatic rings. The molecule has 0 aromatic carbocycles. The molecule has 1 aliphatic heterocycles. The van der Waals surface area contributed by atoms with Crippen LogP contribution < -0.4 is 10.5 Å². The first-order valence-electron chi connectivity index (χ1n) is 5.84. The van der Waals surface area contributed by atoms with Gasteiger partial charge in [-0.1, -0.05) is 19.0 Å². The number of nitrogens with one attached hydrogen (secondary N) is 1. The van der Waals surface area contributed by atoms with Crippen molar-refractivity contribution in [3.8, 4) is 0 Å². The minimum atomic E-state index is -3.41. The molecule has 0 spiro atoms. The predicted octanol–water partition coefficient (Wildman–Crippen LogP) is -0.143. The molecule has 1 heterocycles. The van der Waals surface area contributed by atoms with E-state index < -0.39 is 15.4 Å². The molecule has 0 radical (unpaired) electrons. The first-order chi connectivity index (χ1) is 8.27. The van der Waals surface area contributed by atoms with Gasteiger partial charge in [0.25, 0.3) is 0 Å². The highest BCUT2D eigenvalue weighted by molar-refractivity contribution is 7.89. The van der Waals surface area contributed by atoms with Crippen molar-refractivity contribution in [1.82, 2.24) is 4.72 Å². The molecule has 1 saturated heterocycles. The van der Waals surface area contributed by atoms with Gasteiger partial charge in [0.1, 0.15) is 5.84 Å². The molecule has 8 heteroatoms. The van der Waals surface area contributed by atoms with Crippen molar-refractivity contribution in [3.63, 3.8) is 0 Å². The number of oxime groups is 1. The number of hydrogen-bond donors (Lipinski definition) is 3. The molecule has 0 bridgehead atoms. The van der Waals surface area contributed by atoms with Crippen molar-refractivity contribution in [2.24, 2.45) is 16.3 Å². The summed E-state index contributed by atoms with van der Waals surface area (Å²) in [4.78, 5) is 0. The maximum atomic E-state index is 11.8. The second-order valence-electron chi connectivity index (χ2n) is 5.11. The molecule has 1 unspecified atom stereocenters. The Morgan fingerprint density at radius 1 is 1.61 bits per heavy atom. The minimum Gasteiger partial charge on any atom is -0.409 e. The van der Waals surface area contributed by atoms with Crippen LogP contribution in [-0.2, 0) is 14.8 Å². The van der Waals surface area contributed by atoms with E-state index in [0.29, 0.717) is 6.61 Å². The van der Waals surface area contributed by atoms with E-state index in [-0.39, 0.29) is 24.2 Å². The Morgan fingerprint density at radius 3 is 2.78 bits per heavy atom. The Labute approximate surface area is 107 Å². The standard InChI is InChI=1S/C10H21N3O4S/c1-10(2,9(11)13-14)7-12-18(15,16)6-8-4-3-5-17-8/h8,12,14H,3-7H2,1-2H3,(H2,11,13). The zero-order valence-electron chi connectivity index (χ0n) is 10.7. The van der Waals surface area contributed by atoms with Gasteiger partial charge in [-0.2, -0.15) is 0 Å². The molecule has 7 nitrogen and oxygen atoms in total. The fourth-order valence-corrected chi connectivity index (χ4v) is 3.05. The molecule has 0 aromatic rings. The van der Waals surface area contributed by atoms with E-state index in [1.165, 1.54) is 0 Å². The van der Waals surface area contributed by atoms with Crippen LogP contribution in [-0.4, -0.2) is 44.5 Å². The molecule has 0 amide bonds. The summed E-state index contributed by atoms with van der Waals surface area (Å²) in [5, 5.41) is 11.5. The summed E-state index contributed by atoms with van der Waals surface area (Å²) >= 11 is 0. The summed E-state index contributed by atoms with van der Waals surface area (Å²) in [6.45, 7) is 4.08. The third kappa shape index (κ3) is 4.43. The summed E-state index contributed by atoms with van der Waals surface area (Å²) in [5.41, 5.74) is 4.75. The molecule has 1 fully saturated rings. The largest absolute Gasteiger partial charge is 0.409 e. The second kappa shape index (κ2) is 5.85. The number of hydrogen-bond acceptors (Lipinski definition) is 5. The average Bonchev–Trinajstić information content (AvgIpc) is 2.77. The van der Waals surface area contributed by atoms with Crippen molar-refractivity contribution < 1.29 is 18.4 Å². The lowest BCUT2D eigenvalue weighted by Gasteiger charge is -2.23. The van der Waals surface area contributed by atoms with E-state index in [4.69, 9.17) is 15.7 Å². The van der Waals surface area contributed by atoms with Crippen LogP contribution in [0.3, 0.4) is 0 Å². The van der Waals surface area contributed by atoms with Crippen LogP contribution in [0.2, 0.25) is 0 Å². The van der Waals surface area contributed by atoms with E-state index in [1.807, 2.05) is 0 Å². The average molecular weight is 279 g/mol. The van der Waals surface area contributed by atoms with Crippen molar-refractivity contribution in [1.29, 1.82) is 0 Å². The van der Waals surface area contributed by atoms with Crippen molar-refractivity contribution in [2.45, 2.75) is 32.8 Å². The van der Waals surface area contributed by atoms with Crippen LogP contribution in [0.4, 0.5) is 0 Å². The predicted molar refractivity (Wildman–Crippen MR) is 68.0 cm³/mol. The van der Waals surface area contributed by atoms with Crippen LogP contribution in [0.1, 0.15) is 26.7 Å². The van der Waals surface area contributed by atoms with E-state index in [2.05, 4.69) is 9.88 Å². The second-order valence-corrected chi connectivity index (χ2v) is 6.96. The van der Waals surface area contributed by atoms with Crippen LogP contribution >= 0.6 is 0 Å². The highest BCUT2D eigenvalue weighted by Crippen LogP contribution is 2.16. The van der Waals surface area contributed by atoms with Crippen LogP contribution in [0.15, 0.2) is 5.16 Å². The molecule has 1 atom stereocenters. The first kappa shape index (κ1) is 15.2. The Balaban J connectivity index is 2.51. The lowest BCUT2D eigenvalue weighted by atomic mass is 9.93. The number of amidine groups is 1. The van der Waals surface area contributed by atoms with Crippen LogP contribution in [0, 0.1) is 5.41 Å². The number of rotatable bonds is 6. The van der Waals surface area contributed by atoms with E-state index >= 15 is 0 Å². The highest BCUT2D eigenvalue weighted by Gasteiger charge is 2.28. The molecule has 0 saturated carbocycles. The monoisotopic (exact) mass is 279 g/mol. The maximum Gasteiger partial charge on any atom is 0.214 e. The Kier molecular flexibility index (Phi) is 4.94. The summed E-state index contributed by atoms with van der Waals surface area (Å²) in [6, 6.07) is 0. The van der Waals surface area contributed by atoms with Gasteiger partial charge in [0.2, 0.25) is 10.0 Å². The number of nitrogens with two attached hydrogens (primary N) is 1. The summed E-state index contributed by atoms with van der Waals surface area (Å²) in [7, 11) is -3.41. The van der Waals surface area contributed by atoms with Gasteiger partial charge in [-0.3, -0.25) is 0 Å². The van der Waals surface area contributed by atoms with E-state index in [0.717, 1.165) is 12.8 Å². The zero-order chi connectivity index (χ0) is 13.8. The van der Waals surface area contributed by atoms with Gasteiger partial charge in [0, 0.05) is 18.6 Å².